The van der Waals surface area contributed by atoms with Crippen molar-refractivity contribution >= 4 is 28.5 Å². The van der Waals surface area contributed by atoms with Crippen LogP contribution in [-0.2, 0) is 15.1 Å². The zero-order valence-electron chi connectivity index (χ0n) is 14.4. The number of aromatic nitrogens is 2. The molecular weight excluding hydrogens is 332 g/mol. The molecule has 4 rings (SSSR count). The summed E-state index contributed by atoms with van der Waals surface area (Å²) in [5, 5.41) is 14.8. The first-order valence-corrected chi connectivity index (χ1v) is 8.23. The fourth-order valence-corrected chi connectivity index (χ4v) is 3.76. The van der Waals surface area contributed by atoms with Gasteiger partial charge in [-0.2, -0.15) is 0 Å². The van der Waals surface area contributed by atoms with Crippen LogP contribution in [0.1, 0.15) is 24.2 Å². The third-order valence-corrected chi connectivity index (χ3v) is 4.89. The van der Waals surface area contributed by atoms with Crippen LogP contribution in [0.5, 0.6) is 0 Å². The summed E-state index contributed by atoms with van der Waals surface area (Å²) in [7, 11) is 1.63. The predicted molar refractivity (Wildman–Crippen MR) is 96.4 cm³/mol. The molecule has 132 valence electrons. The van der Waals surface area contributed by atoms with Crippen molar-refractivity contribution in [1.29, 1.82) is 0 Å². The molecule has 2 amide bonds. The third-order valence-electron chi connectivity index (χ3n) is 4.89. The zero-order valence-corrected chi connectivity index (χ0v) is 14.4. The van der Waals surface area contributed by atoms with E-state index in [4.69, 9.17) is 0 Å². The van der Waals surface area contributed by atoms with E-state index in [-0.39, 0.29) is 5.91 Å². The standard InChI is InChI=1S/C19H18N4O3/c1-11(24)22-19(14-7-3-4-8-15(14)23(2)18(19)26)16(25)13-10-21-17-12(13)6-5-9-20-17/h3-10,16,25H,1-2H3,(H,20,21)(H,22,24)/t16-,19+/m1/s1. The van der Waals surface area contributed by atoms with Crippen molar-refractivity contribution in [2.45, 2.75) is 18.6 Å². The maximum Gasteiger partial charge on any atom is 0.260 e. The highest BCUT2D eigenvalue weighted by Gasteiger charge is 2.56. The van der Waals surface area contributed by atoms with Gasteiger partial charge in [0.05, 0.1) is 0 Å². The van der Waals surface area contributed by atoms with Crippen LogP contribution in [0.3, 0.4) is 0 Å². The molecule has 0 saturated heterocycles. The van der Waals surface area contributed by atoms with Crippen molar-refractivity contribution in [2.24, 2.45) is 0 Å². The summed E-state index contributed by atoms with van der Waals surface area (Å²) in [6, 6.07) is 10.7. The molecule has 1 aliphatic heterocycles. The van der Waals surface area contributed by atoms with Crippen molar-refractivity contribution < 1.29 is 14.7 Å². The van der Waals surface area contributed by atoms with E-state index in [1.807, 2.05) is 12.1 Å². The minimum atomic E-state index is -1.60. The second kappa shape index (κ2) is 5.67. The maximum atomic E-state index is 13.2. The van der Waals surface area contributed by atoms with Gasteiger partial charge in [0, 0.05) is 48.6 Å². The number of likely N-dealkylation sites (N-methyl/N-ethyl adjacent to an activating group) is 1. The number of carbonyl (C=O) groups excluding carboxylic acids is 2. The molecular formula is C19H18N4O3. The zero-order chi connectivity index (χ0) is 18.5. The second-order valence-electron chi connectivity index (χ2n) is 6.42. The lowest BCUT2D eigenvalue weighted by molar-refractivity contribution is -0.135. The fraction of sp³-hybridized carbons (Fsp3) is 0.211. The van der Waals surface area contributed by atoms with Gasteiger partial charge >= 0.3 is 0 Å². The van der Waals surface area contributed by atoms with Crippen molar-refractivity contribution in [1.82, 2.24) is 15.3 Å². The van der Waals surface area contributed by atoms with E-state index in [1.165, 1.54) is 11.8 Å². The van der Waals surface area contributed by atoms with Gasteiger partial charge in [-0.1, -0.05) is 18.2 Å². The lowest BCUT2D eigenvalue weighted by Crippen LogP contribution is -2.55. The van der Waals surface area contributed by atoms with Crippen LogP contribution in [0.2, 0.25) is 0 Å². The number of benzene rings is 1. The molecule has 3 heterocycles. The van der Waals surface area contributed by atoms with Gasteiger partial charge in [0.25, 0.3) is 5.91 Å². The summed E-state index contributed by atoms with van der Waals surface area (Å²) in [5.74, 6) is -0.792. The van der Waals surface area contributed by atoms with Gasteiger partial charge in [0.2, 0.25) is 5.91 Å². The number of amides is 2. The van der Waals surface area contributed by atoms with E-state index in [0.717, 1.165) is 0 Å². The van der Waals surface area contributed by atoms with Gasteiger partial charge in [-0.15, -0.1) is 0 Å². The summed E-state index contributed by atoms with van der Waals surface area (Å²) in [6.45, 7) is 1.33. The quantitative estimate of drug-likeness (QED) is 0.668. The summed E-state index contributed by atoms with van der Waals surface area (Å²) in [5.41, 5.74) is 0.728. The average molecular weight is 350 g/mol. The molecule has 26 heavy (non-hydrogen) atoms. The molecule has 2 aromatic heterocycles. The summed E-state index contributed by atoms with van der Waals surface area (Å²) in [6.07, 6.45) is 1.98. The topological polar surface area (TPSA) is 98.3 Å². The highest BCUT2D eigenvalue weighted by molar-refractivity contribution is 6.09. The normalized spacial score (nSPS) is 20.3. The van der Waals surface area contributed by atoms with E-state index < -0.39 is 17.6 Å². The van der Waals surface area contributed by atoms with Crippen molar-refractivity contribution in [3.05, 3.63) is 59.9 Å². The Morgan fingerprint density at radius 2 is 2.08 bits per heavy atom. The van der Waals surface area contributed by atoms with Crippen molar-refractivity contribution in [3.8, 4) is 0 Å². The number of carbonyl (C=O) groups is 2. The number of pyridine rings is 1. The number of para-hydroxylation sites is 1. The number of aliphatic hydroxyl groups excluding tert-OH is 1. The summed E-state index contributed by atoms with van der Waals surface area (Å²) in [4.78, 5) is 33.9. The number of aliphatic hydroxyl groups is 1. The van der Waals surface area contributed by atoms with Gasteiger partial charge in [0.15, 0.2) is 5.54 Å². The number of H-pyrrole nitrogens is 1. The maximum absolute atomic E-state index is 13.2. The highest BCUT2D eigenvalue weighted by atomic mass is 16.3. The molecule has 0 spiro atoms. The first-order chi connectivity index (χ1) is 12.5. The van der Waals surface area contributed by atoms with E-state index in [1.54, 1.807) is 43.7 Å². The number of anilines is 1. The molecule has 2 atom stereocenters. The number of rotatable bonds is 3. The number of fused-ring (bicyclic) bond motifs is 2. The van der Waals surface area contributed by atoms with Crippen LogP contribution in [0.15, 0.2) is 48.8 Å². The van der Waals surface area contributed by atoms with Gasteiger partial charge in [-0.05, 0) is 18.2 Å². The Morgan fingerprint density at radius 1 is 1.31 bits per heavy atom. The number of nitrogens with one attached hydrogen (secondary N) is 2. The monoisotopic (exact) mass is 350 g/mol. The molecule has 0 unspecified atom stereocenters. The van der Waals surface area contributed by atoms with E-state index in [2.05, 4.69) is 15.3 Å². The van der Waals surface area contributed by atoms with Crippen LogP contribution >= 0.6 is 0 Å². The first-order valence-electron chi connectivity index (χ1n) is 8.23. The smallest absolute Gasteiger partial charge is 0.260 e. The lowest BCUT2D eigenvalue weighted by Gasteiger charge is -2.33. The van der Waals surface area contributed by atoms with Crippen LogP contribution in [-0.4, -0.2) is 33.9 Å². The van der Waals surface area contributed by atoms with Crippen molar-refractivity contribution in [3.63, 3.8) is 0 Å². The minimum Gasteiger partial charge on any atom is -0.385 e. The molecule has 0 aliphatic carbocycles. The van der Waals surface area contributed by atoms with Crippen LogP contribution in [0.25, 0.3) is 11.0 Å². The number of hydrogen-bond donors (Lipinski definition) is 3. The minimum absolute atomic E-state index is 0.389. The molecule has 3 aromatic rings. The Kier molecular flexibility index (Phi) is 3.55. The molecule has 1 aromatic carbocycles. The Hall–Kier alpha value is -3.19. The predicted octanol–water partition coefficient (Wildman–Crippen LogP) is 1.60. The van der Waals surface area contributed by atoms with E-state index in [0.29, 0.717) is 27.8 Å². The van der Waals surface area contributed by atoms with E-state index >= 15 is 0 Å². The molecule has 7 heteroatoms. The van der Waals surface area contributed by atoms with Crippen LogP contribution in [0, 0.1) is 0 Å². The molecule has 7 nitrogen and oxygen atoms in total. The first kappa shape index (κ1) is 16.3. The fourth-order valence-electron chi connectivity index (χ4n) is 3.76. The molecule has 0 bridgehead atoms. The average Bonchev–Trinajstić information content (AvgIpc) is 3.16. The summed E-state index contributed by atoms with van der Waals surface area (Å²) < 4.78 is 0. The summed E-state index contributed by atoms with van der Waals surface area (Å²) >= 11 is 0. The Labute approximate surface area is 149 Å². The molecule has 0 saturated carbocycles. The SMILES string of the molecule is CC(=O)N[C@@]1([C@H](O)c2c[nH]c3ncccc23)C(=O)N(C)c2ccccc21. The Morgan fingerprint density at radius 3 is 2.85 bits per heavy atom. The van der Waals surface area contributed by atoms with Crippen LogP contribution < -0.4 is 10.2 Å². The number of nitrogens with zero attached hydrogens (tertiary/aromatic N) is 2. The molecule has 0 radical (unpaired) electrons. The van der Waals surface area contributed by atoms with Gasteiger partial charge in [-0.25, -0.2) is 4.98 Å². The largest absolute Gasteiger partial charge is 0.385 e. The number of hydrogen-bond acceptors (Lipinski definition) is 4. The molecule has 0 fully saturated rings. The Balaban J connectivity index is 1.96. The van der Waals surface area contributed by atoms with Gasteiger partial charge in [-0.3, -0.25) is 9.59 Å². The molecule has 3 N–H and O–H groups in total. The van der Waals surface area contributed by atoms with E-state index in [9.17, 15) is 14.7 Å². The third kappa shape index (κ3) is 2.07. The molecule has 1 aliphatic rings. The van der Waals surface area contributed by atoms with Crippen LogP contribution in [0.4, 0.5) is 5.69 Å². The second-order valence-corrected chi connectivity index (χ2v) is 6.42. The van der Waals surface area contributed by atoms with Gasteiger partial charge < -0.3 is 20.3 Å². The van der Waals surface area contributed by atoms with Gasteiger partial charge in [0.1, 0.15) is 11.8 Å². The highest BCUT2D eigenvalue weighted by Crippen LogP contribution is 2.47. The Bertz CT molecular complexity index is 1030. The lowest BCUT2D eigenvalue weighted by atomic mass is 9.82. The number of aromatic amines is 1. The van der Waals surface area contributed by atoms with Crippen molar-refractivity contribution in [2.75, 3.05) is 11.9 Å².